The van der Waals surface area contributed by atoms with E-state index in [0.717, 1.165) is 0 Å². The topological polar surface area (TPSA) is 0 Å². The Kier molecular flexibility index (Phi) is 7.41. The summed E-state index contributed by atoms with van der Waals surface area (Å²) < 4.78 is 0. The van der Waals surface area contributed by atoms with Gasteiger partial charge in [0.2, 0.25) is 0 Å². The van der Waals surface area contributed by atoms with E-state index in [1.807, 2.05) is 0 Å². The summed E-state index contributed by atoms with van der Waals surface area (Å²) in [6.45, 7) is 8.58. The van der Waals surface area contributed by atoms with Gasteiger partial charge >= 0.3 is 0 Å². The Labute approximate surface area is 69.2 Å². The Bertz CT molecular complexity index is 81.3. The van der Waals surface area contributed by atoms with Crippen LogP contribution >= 0.6 is 0 Å². The van der Waals surface area contributed by atoms with Gasteiger partial charge in [-0.3, -0.25) is 0 Å². The zero-order valence-electron chi connectivity index (χ0n) is 7.40. The minimum absolute atomic E-state index is 0.161. The summed E-state index contributed by atoms with van der Waals surface area (Å²) in [6, 6.07) is 4.65. The van der Waals surface area contributed by atoms with Gasteiger partial charge in [-0.05, 0) is 0 Å². The fourth-order valence-corrected chi connectivity index (χ4v) is 6.54. The second-order valence-electron chi connectivity index (χ2n) is 3.11. The molecule has 0 aromatic carbocycles. The monoisotopic (exact) mass is 172 g/mol. The summed E-state index contributed by atoms with van der Waals surface area (Å²) in [6.07, 6.45) is 1.41. The first kappa shape index (κ1) is 10.2. The molecule has 0 aliphatic carbocycles. The number of hydrogen-bond acceptors (Lipinski definition) is 0. The molecule has 0 bridgehead atoms. The van der Waals surface area contributed by atoms with Crippen LogP contribution in [0.3, 0.4) is 0 Å². The third kappa shape index (κ3) is 6.30. The van der Waals surface area contributed by atoms with Crippen molar-refractivity contribution in [2.24, 2.45) is 0 Å². The maximum Gasteiger partial charge on any atom is 0.0443 e. The molecule has 0 N–H and O–H groups in total. The molecule has 2 heteroatoms. The molecule has 1 unspecified atom stereocenters. The van der Waals surface area contributed by atoms with Gasteiger partial charge in [-0.2, -0.15) is 0 Å². The summed E-state index contributed by atoms with van der Waals surface area (Å²) in [5.74, 6) is 0. The van der Waals surface area contributed by atoms with Crippen molar-refractivity contribution in [2.75, 3.05) is 0 Å². The molecular formula is C8H20Si2. The van der Waals surface area contributed by atoms with Gasteiger partial charge in [0.25, 0.3) is 0 Å². The molecule has 0 nitrogen and oxygen atoms in total. The van der Waals surface area contributed by atoms with Crippen molar-refractivity contribution in [1.82, 2.24) is 0 Å². The molecule has 0 radical (unpaired) electrons. The van der Waals surface area contributed by atoms with Crippen LogP contribution in [-0.4, -0.2) is 18.3 Å². The van der Waals surface area contributed by atoms with Crippen LogP contribution < -0.4 is 0 Å². The third-order valence-corrected chi connectivity index (χ3v) is 6.88. The van der Waals surface area contributed by atoms with Crippen molar-refractivity contribution in [3.63, 3.8) is 0 Å². The second-order valence-corrected chi connectivity index (χ2v) is 8.34. The zero-order valence-corrected chi connectivity index (χ0v) is 9.97. The van der Waals surface area contributed by atoms with E-state index < -0.39 is 0 Å². The molecule has 10 heavy (non-hydrogen) atoms. The third-order valence-electron chi connectivity index (χ3n) is 1.89. The first-order valence-electron chi connectivity index (χ1n) is 4.42. The number of rotatable bonds is 6. The van der Waals surface area contributed by atoms with E-state index in [4.69, 9.17) is 0 Å². The molecule has 0 rings (SSSR count). The van der Waals surface area contributed by atoms with Gasteiger partial charge in [0, 0.05) is 18.3 Å². The molecule has 0 aromatic rings. The fraction of sp³-hybridized carbons (Fsp3) is 0.750. The van der Waals surface area contributed by atoms with E-state index in [1.54, 1.807) is 12.1 Å². The van der Waals surface area contributed by atoms with E-state index in [-0.39, 0.29) is 18.3 Å². The molecule has 0 amide bonds. The molecule has 0 fully saturated rings. The molecule has 0 aliphatic heterocycles. The van der Waals surface area contributed by atoms with Gasteiger partial charge in [-0.25, -0.2) is 0 Å². The van der Waals surface area contributed by atoms with Crippen LogP contribution in [0.15, 0.2) is 12.3 Å². The standard InChI is InChI=1S/C8H20Si2/c1-4-7-10(3)8-6-9-5-2/h5,10H,2,4,6-9H2,1,3H3. The van der Waals surface area contributed by atoms with Crippen LogP contribution in [0.2, 0.25) is 24.7 Å². The second kappa shape index (κ2) is 7.28. The molecule has 1 atom stereocenters. The summed E-state index contributed by atoms with van der Waals surface area (Å²) in [7, 11) is -0.0863. The van der Waals surface area contributed by atoms with Crippen molar-refractivity contribution in [1.29, 1.82) is 0 Å². The van der Waals surface area contributed by atoms with Crippen molar-refractivity contribution < 1.29 is 0 Å². The Morgan fingerprint density at radius 2 is 2.20 bits per heavy atom. The highest BCUT2D eigenvalue weighted by Gasteiger charge is 2.00. The largest absolute Gasteiger partial charge is 0.109 e. The van der Waals surface area contributed by atoms with E-state index in [0.29, 0.717) is 0 Å². The highest BCUT2D eigenvalue weighted by atomic mass is 28.3. The lowest BCUT2D eigenvalue weighted by Gasteiger charge is -2.05. The first-order valence-corrected chi connectivity index (χ1v) is 9.02. The van der Waals surface area contributed by atoms with Crippen LogP contribution in [0, 0.1) is 0 Å². The Balaban J connectivity index is 3.04. The Morgan fingerprint density at radius 1 is 1.50 bits per heavy atom. The van der Waals surface area contributed by atoms with Gasteiger partial charge in [-0.1, -0.05) is 38.0 Å². The highest BCUT2D eigenvalue weighted by molar-refractivity contribution is 6.59. The van der Waals surface area contributed by atoms with E-state index in [9.17, 15) is 0 Å². The van der Waals surface area contributed by atoms with Crippen LogP contribution in [0.1, 0.15) is 13.3 Å². The van der Waals surface area contributed by atoms with Gasteiger partial charge in [0.1, 0.15) is 0 Å². The Morgan fingerprint density at radius 3 is 2.70 bits per heavy atom. The normalized spacial score (nSPS) is 14.2. The predicted octanol–water partition coefficient (Wildman–Crippen LogP) is 1.98. The van der Waals surface area contributed by atoms with Gasteiger partial charge in [0.05, 0.1) is 0 Å². The average Bonchev–Trinajstić information content (AvgIpc) is 1.89. The van der Waals surface area contributed by atoms with Crippen LogP contribution in [0.25, 0.3) is 0 Å². The van der Waals surface area contributed by atoms with Gasteiger partial charge < -0.3 is 0 Å². The quantitative estimate of drug-likeness (QED) is 0.425. The maximum atomic E-state index is 3.78. The van der Waals surface area contributed by atoms with E-state index in [2.05, 4.69) is 25.7 Å². The van der Waals surface area contributed by atoms with Crippen LogP contribution in [0.4, 0.5) is 0 Å². The van der Waals surface area contributed by atoms with Crippen molar-refractivity contribution in [2.45, 2.75) is 38.0 Å². The van der Waals surface area contributed by atoms with Gasteiger partial charge in [0.15, 0.2) is 0 Å². The summed E-state index contributed by atoms with van der Waals surface area (Å²) in [4.78, 5) is 0. The highest BCUT2D eigenvalue weighted by Crippen LogP contribution is 2.05. The van der Waals surface area contributed by atoms with E-state index >= 15 is 0 Å². The summed E-state index contributed by atoms with van der Waals surface area (Å²) >= 11 is 0. The summed E-state index contributed by atoms with van der Waals surface area (Å²) in [5.41, 5.74) is 2.17. The lowest BCUT2D eigenvalue weighted by Crippen LogP contribution is -2.05. The smallest absolute Gasteiger partial charge is 0.0443 e. The Hall–Kier alpha value is 0.174. The zero-order chi connectivity index (χ0) is 7.82. The molecule has 0 saturated heterocycles. The molecule has 0 spiro atoms. The molecule has 0 aliphatic rings. The van der Waals surface area contributed by atoms with E-state index in [1.165, 1.54) is 12.5 Å². The minimum Gasteiger partial charge on any atom is -0.109 e. The van der Waals surface area contributed by atoms with Crippen molar-refractivity contribution in [3.05, 3.63) is 12.3 Å². The lowest BCUT2D eigenvalue weighted by molar-refractivity contribution is 1.05. The number of hydrogen-bond donors (Lipinski definition) is 0. The molecule has 0 saturated carbocycles. The lowest BCUT2D eigenvalue weighted by atomic mass is 10.6. The SMILES string of the molecule is C=C[SiH2]CC[SiH](C)CCC. The summed E-state index contributed by atoms with van der Waals surface area (Å²) in [5, 5.41) is 0. The van der Waals surface area contributed by atoms with Crippen molar-refractivity contribution in [3.8, 4) is 0 Å². The first-order chi connectivity index (χ1) is 4.81. The minimum atomic E-state index is -0.247. The molecule has 60 valence electrons. The van der Waals surface area contributed by atoms with Crippen molar-refractivity contribution >= 4 is 18.3 Å². The van der Waals surface area contributed by atoms with Gasteiger partial charge in [-0.15, -0.1) is 12.3 Å². The fourth-order valence-electron chi connectivity index (χ4n) is 1.25. The average molecular weight is 172 g/mol. The van der Waals surface area contributed by atoms with Crippen LogP contribution in [-0.2, 0) is 0 Å². The molecular weight excluding hydrogens is 152 g/mol. The predicted molar refractivity (Wildman–Crippen MR) is 56.5 cm³/mol. The molecule has 0 heterocycles. The maximum absolute atomic E-state index is 3.78. The van der Waals surface area contributed by atoms with Crippen LogP contribution in [0.5, 0.6) is 0 Å². The molecule has 0 aromatic heterocycles.